The van der Waals surface area contributed by atoms with Crippen molar-refractivity contribution >= 4 is 12.0 Å². The van der Waals surface area contributed by atoms with Gasteiger partial charge in [0.2, 0.25) is 0 Å². The van der Waals surface area contributed by atoms with E-state index in [2.05, 4.69) is 12.2 Å². The summed E-state index contributed by atoms with van der Waals surface area (Å²) in [6.45, 7) is 3.24. The zero-order chi connectivity index (χ0) is 15.4. The summed E-state index contributed by atoms with van der Waals surface area (Å²) in [4.78, 5) is 24.9. The number of hydrogen-bond acceptors (Lipinski definition) is 3. The van der Waals surface area contributed by atoms with Crippen LogP contribution in [0.4, 0.5) is 4.79 Å². The Labute approximate surface area is 125 Å². The second-order valence-corrected chi connectivity index (χ2v) is 6.42. The normalized spacial score (nSPS) is 33.0. The molecule has 0 bridgehead atoms. The van der Waals surface area contributed by atoms with Crippen LogP contribution in [-0.2, 0) is 9.53 Å². The molecule has 2 fully saturated rings. The third-order valence-corrected chi connectivity index (χ3v) is 4.73. The molecule has 2 amide bonds. The van der Waals surface area contributed by atoms with E-state index in [4.69, 9.17) is 4.74 Å². The van der Waals surface area contributed by atoms with Crippen molar-refractivity contribution in [2.75, 3.05) is 20.2 Å². The monoisotopic (exact) mass is 298 g/mol. The molecule has 1 aliphatic carbocycles. The quantitative estimate of drug-likeness (QED) is 0.828. The molecular weight excluding hydrogens is 272 g/mol. The van der Waals surface area contributed by atoms with Crippen molar-refractivity contribution < 1.29 is 19.4 Å². The van der Waals surface area contributed by atoms with Crippen molar-refractivity contribution in [3.05, 3.63) is 0 Å². The van der Waals surface area contributed by atoms with Crippen LogP contribution < -0.4 is 5.32 Å². The van der Waals surface area contributed by atoms with Crippen LogP contribution in [0.2, 0.25) is 0 Å². The molecule has 0 aromatic carbocycles. The fourth-order valence-electron chi connectivity index (χ4n) is 3.51. The lowest BCUT2D eigenvalue weighted by Gasteiger charge is -2.28. The van der Waals surface area contributed by atoms with Gasteiger partial charge in [0.15, 0.2) is 0 Å². The predicted octanol–water partition coefficient (Wildman–Crippen LogP) is 1.70. The second kappa shape index (κ2) is 7.11. The Morgan fingerprint density at radius 3 is 2.71 bits per heavy atom. The number of amides is 2. The SMILES string of the molecule is COC1CC(C(=O)O)N(C(=O)NCC2CCCC(C)C2)C1. The first-order valence-electron chi connectivity index (χ1n) is 7.81. The number of likely N-dealkylation sites (tertiary alicyclic amines) is 1. The van der Waals surface area contributed by atoms with Crippen LogP contribution in [0.25, 0.3) is 0 Å². The molecule has 4 unspecified atom stereocenters. The van der Waals surface area contributed by atoms with Gasteiger partial charge in [-0.05, 0) is 24.7 Å². The number of carbonyl (C=O) groups is 2. The largest absolute Gasteiger partial charge is 0.480 e. The molecule has 1 aliphatic heterocycles. The van der Waals surface area contributed by atoms with Crippen molar-refractivity contribution in [3.63, 3.8) is 0 Å². The Hall–Kier alpha value is -1.30. The number of hydrogen-bond donors (Lipinski definition) is 2. The summed E-state index contributed by atoms with van der Waals surface area (Å²) in [7, 11) is 1.55. The minimum Gasteiger partial charge on any atom is -0.480 e. The highest BCUT2D eigenvalue weighted by molar-refractivity contribution is 5.83. The summed E-state index contributed by atoms with van der Waals surface area (Å²) < 4.78 is 5.20. The molecule has 21 heavy (non-hydrogen) atoms. The molecule has 2 rings (SSSR count). The summed E-state index contributed by atoms with van der Waals surface area (Å²) in [5.74, 6) is 0.273. The minimum atomic E-state index is -0.962. The maximum Gasteiger partial charge on any atom is 0.326 e. The number of aliphatic carboxylic acids is 1. The van der Waals surface area contributed by atoms with Crippen LogP contribution in [0.15, 0.2) is 0 Å². The highest BCUT2D eigenvalue weighted by Gasteiger charge is 2.39. The Balaban J connectivity index is 1.85. The molecule has 0 radical (unpaired) electrons. The lowest BCUT2D eigenvalue weighted by Crippen LogP contribution is -2.47. The molecule has 0 aromatic rings. The molecular formula is C15H26N2O4. The first-order valence-corrected chi connectivity index (χ1v) is 7.81. The average Bonchev–Trinajstić information content (AvgIpc) is 2.89. The van der Waals surface area contributed by atoms with Crippen molar-refractivity contribution in [2.45, 2.75) is 51.2 Å². The van der Waals surface area contributed by atoms with Crippen molar-refractivity contribution in [2.24, 2.45) is 11.8 Å². The van der Waals surface area contributed by atoms with Crippen LogP contribution in [0.3, 0.4) is 0 Å². The molecule has 2 aliphatic rings. The van der Waals surface area contributed by atoms with E-state index in [0.717, 1.165) is 18.8 Å². The predicted molar refractivity (Wildman–Crippen MR) is 78.1 cm³/mol. The van der Waals surface area contributed by atoms with E-state index < -0.39 is 12.0 Å². The first kappa shape index (κ1) is 16.1. The Bertz CT molecular complexity index is 388. The standard InChI is InChI=1S/C15H26N2O4/c1-10-4-3-5-11(6-10)8-16-15(20)17-9-12(21-2)7-13(17)14(18)19/h10-13H,3-9H2,1-2H3,(H,16,20)(H,18,19). The number of methoxy groups -OCH3 is 1. The van der Waals surface area contributed by atoms with E-state index in [1.807, 2.05) is 0 Å². The van der Waals surface area contributed by atoms with Gasteiger partial charge in [-0.2, -0.15) is 0 Å². The molecule has 1 saturated carbocycles. The maximum absolute atomic E-state index is 12.2. The minimum absolute atomic E-state index is 0.188. The molecule has 6 heteroatoms. The Morgan fingerprint density at radius 2 is 2.10 bits per heavy atom. The number of ether oxygens (including phenoxy) is 1. The third-order valence-electron chi connectivity index (χ3n) is 4.73. The van der Waals surface area contributed by atoms with E-state index >= 15 is 0 Å². The van der Waals surface area contributed by atoms with Gasteiger partial charge in [-0.25, -0.2) is 9.59 Å². The number of carboxylic acids is 1. The Morgan fingerprint density at radius 1 is 1.33 bits per heavy atom. The lowest BCUT2D eigenvalue weighted by atomic mass is 9.82. The number of carboxylic acid groups (broad SMARTS) is 1. The molecule has 0 aromatic heterocycles. The highest BCUT2D eigenvalue weighted by atomic mass is 16.5. The summed E-state index contributed by atoms with van der Waals surface area (Å²) in [6.07, 6.45) is 4.95. The number of rotatable bonds is 4. The fraction of sp³-hybridized carbons (Fsp3) is 0.867. The second-order valence-electron chi connectivity index (χ2n) is 6.42. The van der Waals surface area contributed by atoms with Gasteiger partial charge in [-0.1, -0.05) is 19.8 Å². The number of carbonyl (C=O) groups excluding carboxylic acids is 1. The summed E-state index contributed by atoms with van der Waals surface area (Å²) in [5, 5.41) is 12.1. The molecule has 120 valence electrons. The van der Waals surface area contributed by atoms with E-state index in [9.17, 15) is 14.7 Å². The van der Waals surface area contributed by atoms with E-state index in [0.29, 0.717) is 25.4 Å². The van der Waals surface area contributed by atoms with Gasteiger partial charge in [-0.15, -0.1) is 0 Å². The fourth-order valence-corrected chi connectivity index (χ4v) is 3.51. The zero-order valence-electron chi connectivity index (χ0n) is 12.9. The number of nitrogens with zero attached hydrogens (tertiary/aromatic N) is 1. The summed E-state index contributed by atoms with van der Waals surface area (Å²) in [6, 6.07) is -1.06. The summed E-state index contributed by atoms with van der Waals surface area (Å²) in [5.41, 5.74) is 0. The lowest BCUT2D eigenvalue weighted by molar-refractivity contribution is -0.141. The number of nitrogens with one attached hydrogen (secondary N) is 1. The molecule has 6 nitrogen and oxygen atoms in total. The molecule has 2 N–H and O–H groups in total. The van der Waals surface area contributed by atoms with E-state index in [-0.39, 0.29) is 12.1 Å². The Kier molecular flexibility index (Phi) is 5.45. The van der Waals surface area contributed by atoms with Gasteiger partial charge in [0, 0.05) is 26.6 Å². The van der Waals surface area contributed by atoms with Crippen molar-refractivity contribution in [1.29, 1.82) is 0 Å². The van der Waals surface area contributed by atoms with Gasteiger partial charge >= 0.3 is 12.0 Å². The van der Waals surface area contributed by atoms with Gasteiger partial charge in [0.1, 0.15) is 6.04 Å². The van der Waals surface area contributed by atoms with Crippen LogP contribution in [0, 0.1) is 11.8 Å². The molecule has 1 saturated heterocycles. The van der Waals surface area contributed by atoms with Gasteiger partial charge < -0.3 is 20.1 Å². The third kappa shape index (κ3) is 4.09. The van der Waals surface area contributed by atoms with Crippen molar-refractivity contribution in [1.82, 2.24) is 10.2 Å². The molecule has 0 spiro atoms. The van der Waals surface area contributed by atoms with Gasteiger partial charge in [0.25, 0.3) is 0 Å². The highest BCUT2D eigenvalue weighted by Crippen LogP contribution is 2.28. The van der Waals surface area contributed by atoms with Gasteiger partial charge in [0.05, 0.1) is 6.10 Å². The smallest absolute Gasteiger partial charge is 0.326 e. The van der Waals surface area contributed by atoms with Crippen molar-refractivity contribution in [3.8, 4) is 0 Å². The van der Waals surface area contributed by atoms with Crippen LogP contribution in [-0.4, -0.2) is 54.4 Å². The molecule has 4 atom stereocenters. The van der Waals surface area contributed by atoms with Crippen LogP contribution in [0.1, 0.15) is 39.0 Å². The maximum atomic E-state index is 12.2. The van der Waals surface area contributed by atoms with E-state index in [1.54, 1.807) is 7.11 Å². The number of urea groups is 1. The zero-order valence-corrected chi connectivity index (χ0v) is 12.9. The van der Waals surface area contributed by atoms with Crippen LogP contribution >= 0.6 is 0 Å². The summed E-state index contributed by atoms with van der Waals surface area (Å²) >= 11 is 0. The molecule has 1 heterocycles. The average molecular weight is 298 g/mol. The van der Waals surface area contributed by atoms with E-state index in [1.165, 1.54) is 17.7 Å². The van der Waals surface area contributed by atoms with Crippen LogP contribution in [0.5, 0.6) is 0 Å². The first-order chi connectivity index (χ1) is 10.0. The topological polar surface area (TPSA) is 78.9 Å². The van der Waals surface area contributed by atoms with Gasteiger partial charge in [-0.3, -0.25) is 0 Å².